The molecule has 116 valence electrons. The molecule has 0 aliphatic carbocycles. The molecule has 0 bridgehead atoms. The Morgan fingerprint density at radius 2 is 2.19 bits per heavy atom. The first-order valence-corrected chi connectivity index (χ1v) is 8.62. The van der Waals surface area contributed by atoms with Crippen LogP contribution in [-0.2, 0) is 9.53 Å². The van der Waals surface area contributed by atoms with E-state index in [1.807, 2.05) is 19.1 Å². The van der Waals surface area contributed by atoms with Crippen LogP contribution in [-0.4, -0.2) is 55.2 Å². The number of aryl methyl sites for hydroxylation is 1. The number of amides is 1. The zero-order valence-electron chi connectivity index (χ0n) is 12.2. The van der Waals surface area contributed by atoms with Crippen LogP contribution in [0.1, 0.15) is 5.56 Å². The summed E-state index contributed by atoms with van der Waals surface area (Å²) in [7, 11) is 0. The number of thioether (sulfide) groups is 1. The molecule has 1 heterocycles. The summed E-state index contributed by atoms with van der Waals surface area (Å²) in [5.74, 6) is 1.45. The summed E-state index contributed by atoms with van der Waals surface area (Å²) >= 11 is 7.60. The third kappa shape index (κ3) is 5.87. The number of ether oxygens (including phenoxy) is 1. The second kappa shape index (κ2) is 8.63. The number of anilines is 1. The fourth-order valence-corrected chi connectivity index (χ4v) is 3.06. The normalized spacial score (nSPS) is 15.9. The standard InChI is InChI=1S/C15H21ClN2O2S/c1-12-2-3-13(16)10-14(12)17-15(19)11-21-9-6-18-4-7-20-8-5-18/h2-3,10H,4-9,11H2,1H3,(H,17,19). The van der Waals surface area contributed by atoms with Crippen LogP contribution in [0.2, 0.25) is 5.02 Å². The van der Waals surface area contributed by atoms with Gasteiger partial charge in [-0.3, -0.25) is 9.69 Å². The van der Waals surface area contributed by atoms with Gasteiger partial charge in [0, 0.05) is 36.1 Å². The van der Waals surface area contributed by atoms with Gasteiger partial charge in [0.2, 0.25) is 5.91 Å². The summed E-state index contributed by atoms with van der Waals surface area (Å²) in [5, 5.41) is 3.55. The van der Waals surface area contributed by atoms with Gasteiger partial charge in [-0.1, -0.05) is 17.7 Å². The summed E-state index contributed by atoms with van der Waals surface area (Å²) in [5.41, 5.74) is 1.81. The number of hydrogen-bond donors (Lipinski definition) is 1. The van der Waals surface area contributed by atoms with E-state index in [1.54, 1.807) is 17.8 Å². The summed E-state index contributed by atoms with van der Waals surface area (Å²) in [4.78, 5) is 14.3. The minimum absolute atomic E-state index is 0.0207. The van der Waals surface area contributed by atoms with Crippen LogP contribution in [0.3, 0.4) is 0 Å². The molecule has 1 amide bonds. The summed E-state index contributed by atoms with van der Waals surface area (Å²) in [6, 6.07) is 5.51. The van der Waals surface area contributed by atoms with Crippen molar-refractivity contribution in [2.24, 2.45) is 0 Å². The van der Waals surface area contributed by atoms with Crippen LogP contribution in [0, 0.1) is 6.92 Å². The highest BCUT2D eigenvalue weighted by Gasteiger charge is 2.10. The van der Waals surface area contributed by atoms with Crippen molar-refractivity contribution in [3.05, 3.63) is 28.8 Å². The van der Waals surface area contributed by atoms with E-state index in [4.69, 9.17) is 16.3 Å². The summed E-state index contributed by atoms with van der Waals surface area (Å²) in [6.07, 6.45) is 0. The number of rotatable bonds is 6. The number of nitrogens with zero attached hydrogens (tertiary/aromatic N) is 1. The molecule has 0 atom stereocenters. The van der Waals surface area contributed by atoms with Crippen molar-refractivity contribution in [3.63, 3.8) is 0 Å². The fraction of sp³-hybridized carbons (Fsp3) is 0.533. The van der Waals surface area contributed by atoms with Crippen LogP contribution in [0.25, 0.3) is 0 Å². The van der Waals surface area contributed by atoms with Gasteiger partial charge in [-0.05, 0) is 24.6 Å². The van der Waals surface area contributed by atoms with Crippen molar-refractivity contribution in [1.82, 2.24) is 4.90 Å². The van der Waals surface area contributed by atoms with Crippen LogP contribution in [0.15, 0.2) is 18.2 Å². The zero-order chi connectivity index (χ0) is 15.1. The van der Waals surface area contributed by atoms with Crippen molar-refractivity contribution in [2.75, 3.05) is 49.7 Å². The van der Waals surface area contributed by atoms with E-state index in [0.717, 1.165) is 49.9 Å². The van der Waals surface area contributed by atoms with E-state index in [2.05, 4.69) is 10.2 Å². The Balaban J connectivity index is 1.66. The predicted octanol–water partition coefficient (Wildman–Crippen LogP) is 2.65. The third-order valence-electron chi connectivity index (χ3n) is 3.36. The van der Waals surface area contributed by atoms with Gasteiger partial charge >= 0.3 is 0 Å². The molecule has 1 saturated heterocycles. The molecule has 6 heteroatoms. The minimum atomic E-state index is 0.0207. The van der Waals surface area contributed by atoms with Crippen LogP contribution < -0.4 is 5.32 Å². The Bertz CT molecular complexity index is 479. The average molecular weight is 329 g/mol. The second-order valence-electron chi connectivity index (χ2n) is 5.01. The minimum Gasteiger partial charge on any atom is -0.379 e. The lowest BCUT2D eigenvalue weighted by Crippen LogP contribution is -2.37. The van der Waals surface area contributed by atoms with Gasteiger partial charge in [0.15, 0.2) is 0 Å². The largest absolute Gasteiger partial charge is 0.379 e. The second-order valence-corrected chi connectivity index (χ2v) is 6.56. The molecule has 0 unspecified atom stereocenters. The van der Waals surface area contributed by atoms with E-state index in [-0.39, 0.29) is 5.91 Å². The van der Waals surface area contributed by atoms with Gasteiger partial charge in [0.25, 0.3) is 0 Å². The quantitative estimate of drug-likeness (QED) is 0.815. The lowest BCUT2D eigenvalue weighted by Gasteiger charge is -2.26. The van der Waals surface area contributed by atoms with Gasteiger partial charge in [0.05, 0.1) is 19.0 Å². The Labute approximate surface area is 135 Å². The molecular formula is C15H21ClN2O2S. The highest BCUT2D eigenvalue weighted by atomic mass is 35.5. The maximum absolute atomic E-state index is 11.9. The van der Waals surface area contributed by atoms with Crippen molar-refractivity contribution < 1.29 is 9.53 Å². The number of nitrogens with one attached hydrogen (secondary N) is 1. The maximum atomic E-state index is 11.9. The van der Waals surface area contributed by atoms with Gasteiger partial charge < -0.3 is 10.1 Å². The first-order chi connectivity index (χ1) is 10.1. The molecule has 4 nitrogen and oxygen atoms in total. The smallest absolute Gasteiger partial charge is 0.234 e. The first-order valence-electron chi connectivity index (χ1n) is 7.09. The Morgan fingerprint density at radius 1 is 1.43 bits per heavy atom. The molecule has 1 aromatic carbocycles. The van der Waals surface area contributed by atoms with Crippen molar-refractivity contribution in [3.8, 4) is 0 Å². The Hall–Kier alpha value is -0.750. The summed E-state index contributed by atoms with van der Waals surface area (Å²) < 4.78 is 5.31. The summed E-state index contributed by atoms with van der Waals surface area (Å²) in [6.45, 7) is 6.59. The molecule has 1 aromatic rings. The van der Waals surface area contributed by atoms with Gasteiger partial charge in [-0.15, -0.1) is 0 Å². The molecule has 1 aliphatic rings. The highest BCUT2D eigenvalue weighted by Crippen LogP contribution is 2.20. The molecule has 0 radical (unpaired) electrons. The zero-order valence-corrected chi connectivity index (χ0v) is 13.8. The van der Waals surface area contributed by atoms with Gasteiger partial charge in [-0.2, -0.15) is 11.8 Å². The van der Waals surface area contributed by atoms with Crippen molar-refractivity contribution in [1.29, 1.82) is 0 Å². The average Bonchev–Trinajstić information content (AvgIpc) is 2.48. The van der Waals surface area contributed by atoms with E-state index in [1.165, 1.54) is 0 Å². The molecular weight excluding hydrogens is 308 g/mol. The number of carbonyl (C=O) groups is 1. The molecule has 0 spiro atoms. The van der Waals surface area contributed by atoms with E-state index < -0.39 is 0 Å². The Kier molecular flexibility index (Phi) is 6.83. The molecule has 2 rings (SSSR count). The fourth-order valence-electron chi connectivity index (χ4n) is 2.10. The number of morpholine rings is 1. The highest BCUT2D eigenvalue weighted by molar-refractivity contribution is 7.99. The monoisotopic (exact) mass is 328 g/mol. The lowest BCUT2D eigenvalue weighted by atomic mass is 10.2. The van der Waals surface area contributed by atoms with Crippen molar-refractivity contribution >= 4 is 35.0 Å². The lowest BCUT2D eigenvalue weighted by molar-refractivity contribution is -0.113. The van der Waals surface area contributed by atoms with E-state index >= 15 is 0 Å². The molecule has 0 saturated carbocycles. The predicted molar refractivity (Wildman–Crippen MR) is 89.4 cm³/mol. The van der Waals surface area contributed by atoms with Crippen LogP contribution >= 0.6 is 23.4 Å². The maximum Gasteiger partial charge on any atom is 0.234 e. The molecule has 1 N–H and O–H groups in total. The van der Waals surface area contributed by atoms with Crippen LogP contribution in [0.4, 0.5) is 5.69 Å². The molecule has 1 fully saturated rings. The molecule has 0 aromatic heterocycles. The number of hydrogen-bond acceptors (Lipinski definition) is 4. The van der Waals surface area contributed by atoms with Crippen LogP contribution in [0.5, 0.6) is 0 Å². The number of benzene rings is 1. The van der Waals surface area contributed by atoms with Crippen molar-refractivity contribution in [2.45, 2.75) is 6.92 Å². The van der Waals surface area contributed by atoms with E-state index in [9.17, 15) is 4.79 Å². The first kappa shape index (κ1) is 16.6. The van der Waals surface area contributed by atoms with Gasteiger partial charge in [-0.25, -0.2) is 0 Å². The van der Waals surface area contributed by atoms with E-state index in [0.29, 0.717) is 10.8 Å². The number of carbonyl (C=O) groups excluding carboxylic acids is 1. The van der Waals surface area contributed by atoms with Gasteiger partial charge in [0.1, 0.15) is 0 Å². The number of halogens is 1. The third-order valence-corrected chi connectivity index (χ3v) is 4.54. The molecule has 21 heavy (non-hydrogen) atoms. The topological polar surface area (TPSA) is 41.6 Å². The Morgan fingerprint density at radius 3 is 2.95 bits per heavy atom. The molecule has 1 aliphatic heterocycles. The SMILES string of the molecule is Cc1ccc(Cl)cc1NC(=O)CSCCN1CCOCC1.